The smallest absolute Gasteiger partial charge is 0.203 e. The molecular weight excluding hydrogens is 162 g/mol. The lowest BCUT2D eigenvalue weighted by atomic mass is 10.5. The number of anilines is 1. The van der Waals surface area contributed by atoms with Gasteiger partial charge in [0, 0.05) is 18.8 Å². The van der Waals surface area contributed by atoms with Crippen LogP contribution in [0.2, 0.25) is 0 Å². The summed E-state index contributed by atoms with van der Waals surface area (Å²) < 4.78 is 2.10. The minimum Gasteiger partial charge on any atom is -0.353 e. The fraction of sp³-hybridized carbons (Fsp3) is 0.500. The zero-order valence-electron chi connectivity index (χ0n) is 7.95. The van der Waals surface area contributed by atoms with E-state index in [2.05, 4.69) is 21.4 Å². The largest absolute Gasteiger partial charge is 0.353 e. The molecule has 1 aromatic rings. The molecule has 0 bridgehead atoms. The van der Waals surface area contributed by atoms with Gasteiger partial charge in [-0.25, -0.2) is 4.98 Å². The number of aryl methyl sites for hydroxylation is 1. The first kappa shape index (κ1) is 8.35. The lowest BCUT2D eigenvalue weighted by molar-refractivity contribution is 0.819. The summed E-state index contributed by atoms with van der Waals surface area (Å²) in [7, 11) is 0. The van der Waals surface area contributed by atoms with Crippen molar-refractivity contribution in [2.75, 3.05) is 5.32 Å². The number of imidazole rings is 1. The van der Waals surface area contributed by atoms with Gasteiger partial charge in [0.15, 0.2) is 0 Å². The zero-order chi connectivity index (χ0) is 9.26. The molecule has 3 nitrogen and oxygen atoms in total. The second kappa shape index (κ2) is 3.24. The molecule has 0 aliphatic heterocycles. The third kappa shape index (κ3) is 1.91. The number of nitrogens with one attached hydrogen (secondary N) is 1. The molecule has 0 amide bonds. The van der Waals surface area contributed by atoms with E-state index in [1.54, 1.807) is 0 Å². The molecule has 0 unspecified atom stereocenters. The van der Waals surface area contributed by atoms with Crippen molar-refractivity contribution in [2.24, 2.45) is 0 Å². The number of aromatic nitrogens is 2. The van der Waals surface area contributed by atoms with Crippen LogP contribution in [0.15, 0.2) is 18.9 Å². The van der Waals surface area contributed by atoms with Crippen LogP contribution in [-0.4, -0.2) is 15.6 Å². The maximum Gasteiger partial charge on any atom is 0.203 e. The van der Waals surface area contributed by atoms with E-state index in [0.29, 0.717) is 6.04 Å². The Labute approximate surface area is 78.5 Å². The van der Waals surface area contributed by atoms with Crippen molar-refractivity contribution in [3.05, 3.63) is 24.5 Å². The molecule has 1 N–H and O–H groups in total. The fourth-order valence-electron chi connectivity index (χ4n) is 1.35. The predicted octanol–water partition coefficient (Wildman–Crippen LogP) is 1.95. The Bertz CT molecular complexity index is 310. The van der Waals surface area contributed by atoms with Crippen molar-refractivity contribution in [3.63, 3.8) is 0 Å². The summed E-state index contributed by atoms with van der Waals surface area (Å²) in [6.07, 6.45) is 6.49. The predicted molar refractivity (Wildman–Crippen MR) is 53.8 cm³/mol. The van der Waals surface area contributed by atoms with Gasteiger partial charge in [0.1, 0.15) is 0 Å². The van der Waals surface area contributed by atoms with Gasteiger partial charge in [-0.05, 0) is 19.8 Å². The Morgan fingerprint density at radius 3 is 3.15 bits per heavy atom. The van der Waals surface area contributed by atoms with Crippen molar-refractivity contribution in [1.29, 1.82) is 0 Å². The van der Waals surface area contributed by atoms with Gasteiger partial charge in [0.05, 0.1) is 5.69 Å². The molecule has 3 heteroatoms. The van der Waals surface area contributed by atoms with E-state index in [1.165, 1.54) is 12.8 Å². The maximum absolute atomic E-state index is 4.41. The minimum atomic E-state index is 0.658. The average molecular weight is 177 g/mol. The normalized spacial score (nSPS) is 15.8. The summed E-state index contributed by atoms with van der Waals surface area (Å²) >= 11 is 0. The molecule has 0 saturated heterocycles. The molecule has 1 fully saturated rings. The van der Waals surface area contributed by atoms with Crippen LogP contribution < -0.4 is 5.32 Å². The quantitative estimate of drug-likeness (QED) is 0.712. The second-order valence-corrected chi connectivity index (χ2v) is 3.57. The Morgan fingerprint density at radius 2 is 2.54 bits per heavy atom. The molecule has 1 aliphatic carbocycles. The summed E-state index contributed by atoms with van der Waals surface area (Å²) in [6.45, 7) is 6.57. The Morgan fingerprint density at radius 1 is 1.77 bits per heavy atom. The Hall–Kier alpha value is -1.25. The van der Waals surface area contributed by atoms with Crippen LogP contribution in [0.25, 0.3) is 0 Å². The SMILES string of the molecule is C=CCn1cc(C)nc1NC1CC1. The summed E-state index contributed by atoms with van der Waals surface area (Å²) in [4.78, 5) is 4.41. The first-order valence-electron chi connectivity index (χ1n) is 4.71. The van der Waals surface area contributed by atoms with E-state index >= 15 is 0 Å². The molecule has 70 valence electrons. The second-order valence-electron chi connectivity index (χ2n) is 3.57. The van der Waals surface area contributed by atoms with Gasteiger partial charge in [-0.3, -0.25) is 0 Å². The van der Waals surface area contributed by atoms with Crippen LogP contribution in [0, 0.1) is 6.92 Å². The van der Waals surface area contributed by atoms with Crippen LogP contribution in [-0.2, 0) is 6.54 Å². The highest BCUT2D eigenvalue weighted by molar-refractivity contribution is 5.32. The van der Waals surface area contributed by atoms with Crippen LogP contribution >= 0.6 is 0 Å². The maximum atomic E-state index is 4.41. The van der Waals surface area contributed by atoms with E-state index in [9.17, 15) is 0 Å². The topological polar surface area (TPSA) is 29.9 Å². The van der Waals surface area contributed by atoms with Crippen LogP contribution in [0.1, 0.15) is 18.5 Å². The molecule has 1 heterocycles. The molecular formula is C10H15N3. The van der Waals surface area contributed by atoms with Gasteiger partial charge < -0.3 is 9.88 Å². The molecule has 13 heavy (non-hydrogen) atoms. The molecule has 0 aromatic carbocycles. The van der Waals surface area contributed by atoms with E-state index in [4.69, 9.17) is 0 Å². The van der Waals surface area contributed by atoms with E-state index in [0.717, 1.165) is 18.2 Å². The van der Waals surface area contributed by atoms with Crippen molar-refractivity contribution < 1.29 is 0 Å². The summed E-state index contributed by atoms with van der Waals surface area (Å²) in [5.41, 5.74) is 1.06. The molecule has 1 aromatic heterocycles. The number of allylic oxidation sites excluding steroid dienone is 1. The van der Waals surface area contributed by atoms with Crippen LogP contribution in [0.5, 0.6) is 0 Å². The van der Waals surface area contributed by atoms with Gasteiger partial charge in [-0.2, -0.15) is 0 Å². The fourth-order valence-corrected chi connectivity index (χ4v) is 1.35. The standard InChI is InChI=1S/C10H15N3/c1-3-6-13-7-8(2)11-10(13)12-9-4-5-9/h3,7,9H,1,4-6H2,2H3,(H,11,12). The van der Waals surface area contributed by atoms with Crippen molar-refractivity contribution in [1.82, 2.24) is 9.55 Å². The number of hydrogen-bond acceptors (Lipinski definition) is 2. The highest BCUT2D eigenvalue weighted by Crippen LogP contribution is 2.24. The molecule has 0 spiro atoms. The number of hydrogen-bond donors (Lipinski definition) is 1. The molecule has 1 aliphatic rings. The first-order chi connectivity index (χ1) is 6.29. The van der Waals surface area contributed by atoms with Crippen molar-refractivity contribution in [3.8, 4) is 0 Å². The zero-order valence-corrected chi connectivity index (χ0v) is 7.95. The van der Waals surface area contributed by atoms with Crippen LogP contribution in [0.4, 0.5) is 5.95 Å². The minimum absolute atomic E-state index is 0.658. The van der Waals surface area contributed by atoms with E-state index in [1.807, 2.05) is 19.2 Å². The summed E-state index contributed by atoms with van der Waals surface area (Å²) in [6, 6.07) is 0.658. The number of rotatable bonds is 4. The highest BCUT2D eigenvalue weighted by atomic mass is 15.2. The van der Waals surface area contributed by atoms with Crippen LogP contribution in [0.3, 0.4) is 0 Å². The van der Waals surface area contributed by atoms with Gasteiger partial charge >= 0.3 is 0 Å². The molecule has 0 radical (unpaired) electrons. The average Bonchev–Trinajstić information content (AvgIpc) is 2.80. The molecule has 1 saturated carbocycles. The van der Waals surface area contributed by atoms with Crippen molar-refractivity contribution in [2.45, 2.75) is 32.4 Å². The third-order valence-corrected chi connectivity index (χ3v) is 2.13. The molecule has 0 atom stereocenters. The lowest BCUT2D eigenvalue weighted by Gasteiger charge is -2.05. The summed E-state index contributed by atoms with van der Waals surface area (Å²) in [5, 5.41) is 3.39. The third-order valence-electron chi connectivity index (χ3n) is 2.13. The van der Waals surface area contributed by atoms with Gasteiger partial charge in [0.25, 0.3) is 0 Å². The Balaban J connectivity index is 2.14. The van der Waals surface area contributed by atoms with Gasteiger partial charge in [-0.15, -0.1) is 6.58 Å². The van der Waals surface area contributed by atoms with Gasteiger partial charge in [0.2, 0.25) is 5.95 Å². The lowest BCUT2D eigenvalue weighted by Crippen LogP contribution is -2.08. The number of nitrogens with zero attached hydrogens (tertiary/aromatic N) is 2. The first-order valence-corrected chi connectivity index (χ1v) is 4.71. The molecule has 2 rings (SSSR count). The Kier molecular flexibility index (Phi) is 2.08. The monoisotopic (exact) mass is 177 g/mol. The van der Waals surface area contributed by atoms with E-state index in [-0.39, 0.29) is 0 Å². The van der Waals surface area contributed by atoms with Gasteiger partial charge in [-0.1, -0.05) is 6.08 Å². The van der Waals surface area contributed by atoms with E-state index < -0.39 is 0 Å². The van der Waals surface area contributed by atoms with Crippen molar-refractivity contribution >= 4 is 5.95 Å². The summed E-state index contributed by atoms with van der Waals surface area (Å²) in [5.74, 6) is 0.986. The highest BCUT2D eigenvalue weighted by Gasteiger charge is 2.22.